The standard InChI is InChI=1S/C10H9F3N2O2/c1-6-2-4-7(5-3-6)8(14-16)9(15-17)10(11,12)13/h2-5,16-17H,1H3/b14-8-,15-9-. The molecule has 0 saturated heterocycles. The van der Waals surface area contributed by atoms with Crippen LogP contribution in [0.1, 0.15) is 11.1 Å². The normalized spacial score (nSPS) is 13.9. The van der Waals surface area contributed by atoms with Crippen molar-refractivity contribution in [3.05, 3.63) is 35.4 Å². The molecule has 2 N–H and O–H groups in total. The maximum Gasteiger partial charge on any atom is 0.438 e. The SMILES string of the molecule is Cc1ccc(C(=N/O)/C(=N/O)C(F)(F)F)cc1. The molecule has 0 aliphatic carbocycles. The predicted octanol–water partition coefficient (Wildman–Crippen LogP) is 2.57. The lowest BCUT2D eigenvalue weighted by molar-refractivity contribution is -0.0587. The first-order valence-corrected chi connectivity index (χ1v) is 4.49. The molecule has 0 unspecified atom stereocenters. The molecule has 0 spiro atoms. The molecule has 4 nitrogen and oxygen atoms in total. The van der Waals surface area contributed by atoms with Crippen molar-refractivity contribution in [2.75, 3.05) is 0 Å². The van der Waals surface area contributed by atoms with Crippen molar-refractivity contribution < 1.29 is 23.6 Å². The highest BCUT2D eigenvalue weighted by atomic mass is 19.4. The average molecular weight is 246 g/mol. The molecule has 0 fully saturated rings. The molecule has 0 radical (unpaired) electrons. The van der Waals surface area contributed by atoms with Gasteiger partial charge in [0, 0.05) is 5.56 Å². The second-order valence-corrected chi connectivity index (χ2v) is 3.26. The van der Waals surface area contributed by atoms with Crippen molar-refractivity contribution in [1.82, 2.24) is 0 Å². The summed E-state index contributed by atoms with van der Waals surface area (Å²) in [6.45, 7) is 1.75. The summed E-state index contributed by atoms with van der Waals surface area (Å²) < 4.78 is 37.3. The molecule has 0 bridgehead atoms. The first kappa shape index (κ1) is 13.0. The third kappa shape index (κ3) is 2.96. The monoisotopic (exact) mass is 246 g/mol. The number of hydrogen-bond acceptors (Lipinski definition) is 4. The Hall–Kier alpha value is -2.05. The van der Waals surface area contributed by atoms with Gasteiger partial charge >= 0.3 is 6.18 Å². The maximum atomic E-state index is 12.4. The summed E-state index contributed by atoms with van der Waals surface area (Å²) in [4.78, 5) is 0. The number of oxime groups is 2. The number of nitrogens with zero attached hydrogens (tertiary/aromatic N) is 2. The lowest BCUT2D eigenvalue weighted by Gasteiger charge is -2.10. The van der Waals surface area contributed by atoms with Crippen LogP contribution in [0.3, 0.4) is 0 Å². The van der Waals surface area contributed by atoms with Crippen LogP contribution in [0.15, 0.2) is 34.6 Å². The van der Waals surface area contributed by atoms with E-state index < -0.39 is 17.6 Å². The second kappa shape index (κ2) is 4.86. The molecule has 0 aromatic heterocycles. The topological polar surface area (TPSA) is 65.2 Å². The molecule has 0 atom stereocenters. The van der Waals surface area contributed by atoms with Gasteiger partial charge in [0.15, 0.2) is 0 Å². The third-order valence-electron chi connectivity index (χ3n) is 2.02. The van der Waals surface area contributed by atoms with Crippen LogP contribution in [-0.2, 0) is 0 Å². The number of benzene rings is 1. The Morgan fingerprint density at radius 1 is 1.06 bits per heavy atom. The summed E-state index contributed by atoms with van der Waals surface area (Å²) in [5.41, 5.74) is -1.65. The fraction of sp³-hybridized carbons (Fsp3) is 0.200. The van der Waals surface area contributed by atoms with E-state index in [9.17, 15) is 13.2 Å². The molecule has 0 saturated carbocycles. The number of halogens is 3. The fourth-order valence-corrected chi connectivity index (χ4v) is 1.19. The van der Waals surface area contributed by atoms with Crippen molar-refractivity contribution in [2.24, 2.45) is 10.3 Å². The van der Waals surface area contributed by atoms with Gasteiger partial charge in [-0.05, 0) is 6.92 Å². The molecule has 17 heavy (non-hydrogen) atoms. The molecule has 1 rings (SSSR count). The zero-order valence-corrected chi connectivity index (χ0v) is 8.73. The fourth-order valence-electron chi connectivity index (χ4n) is 1.19. The van der Waals surface area contributed by atoms with Crippen LogP contribution >= 0.6 is 0 Å². The second-order valence-electron chi connectivity index (χ2n) is 3.26. The van der Waals surface area contributed by atoms with Gasteiger partial charge in [-0.1, -0.05) is 40.1 Å². The highest BCUT2D eigenvalue weighted by Crippen LogP contribution is 2.21. The lowest BCUT2D eigenvalue weighted by Crippen LogP contribution is -2.32. The van der Waals surface area contributed by atoms with Crippen molar-refractivity contribution in [2.45, 2.75) is 13.1 Å². The van der Waals surface area contributed by atoms with Crippen LogP contribution < -0.4 is 0 Å². The van der Waals surface area contributed by atoms with Crippen molar-refractivity contribution in [3.63, 3.8) is 0 Å². The molecule has 7 heteroatoms. The minimum absolute atomic E-state index is 0.00299. The maximum absolute atomic E-state index is 12.4. The molecule has 0 amide bonds. The van der Waals surface area contributed by atoms with E-state index in [4.69, 9.17) is 10.4 Å². The number of hydrogen-bond donors (Lipinski definition) is 2. The molecule has 0 aliphatic heterocycles. The Morgan fingerprint density at radius 3 is 1.94 bits per heavy atom. The van der Waals surface area contributed by atoms with Crippen LogP contribution in [0, 0.1) is 6.92 Å². The van der Waals surface area contributed by atoms with Gasteiger partial charge in [-0.3, -0.25) is 0 Å². The van der Waals surface area contributed by atoms with Gasteiger partial charge in [-0.2, -0.15) is 13.2 Å². The highest BCUT2D eigenvalue weighted by molar-refractivity contribution is 6.49. The summed E-state index contributed by atoms with van der Waals surface area (Å²) >= 11 is 0. The van der Waals surface area contributed by atoms with E-state index in [1.807, 2.05) is 0 Å². The smallest absolute Gasteiger partial charge is 0.410 e. The average Bonchev–Trinajstić information content (AvgIpc) is 2.25. The molecular formula is C10H9F3N2O2. The van der Waals surface area contributed by atoms with Crippen molar-refractivity contribution >= 4 is 11.4 Å². The van der Waals surface area contributed by atoms with E-state index in [1.165, 1.54) is 12.1 Å². The predicted molar refractivity (Wildman–Crippen MR) is 54.8 cm³/mol. The zero-order valence-electron chi connectivity index (χ0n) is 8.73. The Balaban J connectivity index is 3.22. The Bertz CT molecular complexity index is 450. The van der Waals surface area contributed by atoms with Crippen LogP contribution in [0.4, 0.5) is 13.2 Å². The Labute approximate surface area is 94.7 Å². The van der Waals surface area contributed by atoms with Gasteiger partial charge in [0.1, 0.15) is 5.71 Å². The highest BCUT2D eigenvalue weighted by Gasteiger charge is 2.41. The van der Waals surface area contributed by atoms with Crippen LogP contribution in [-0.4, -0.2) is 28.0 Å². The Kier molecular flexibility index (Phi) is 3.72. The van der Waals surface area contributed by atoms with Gasteiger partial charge < -0.3 is 10.4 Å². The minimum atomic E-state index is -4.90. The Morgan fingerprint density at radius 2 is 1.59 bits per heavy atom. The van der Waals surface area contributed by atoms with Crippen molar-refractivity contribution in [1.29, 1.82) is 0 Å². The molecule has 1 aromatic rings. The van der Waals surface area contributed by atoms with Crippen molar-refractivity contribution in [3.8, 4) is 0 Å². The largest absolute Gasteiger partial charge is 0.438 e. The summed E-state index contributed by atoms with van der Waals surface area (Å²) in [5, 5.41) is 21.6. The number of rotatable bonds is 2. The zero-order chi connectivity index (χ0) is 13.1. The van der Waals surface area contributed by atoms with Crippen LogP contribution in [0.5, 0.6) is 0 Å². The summed E-state index contributed by atoms with van der Waals surface area (Å²) in [6.07, 6.45) is -4.90. The van der Waals surface area contributed by atoms with Crippen LogP contribution in [0.2, 0.25) is 0 Å². The summed E-state index contributed by atoms with van der Waals surface area (Å²) in [7, 11) is 0. The van der Waals surface area contributed by atoms with E-state index >= 15 is 0 Å². The minimum Gasteiger partial charge on any atom is -0.410 e. The van der Waals surface area contributed by atoms with E-state index in [0.717, 1.165) is 5.56 Å². The third-order valence-corrected chi connectivity index (χ3v) is 2.02. The molecular weight excluding hydrogens is 237 g/mol. The summed E-state index contributed by atoms with van der Waals surface area (Å²) in [5.74, 6) is 0. The van der Waals surface area contributed by atoms with Gasteiger partial charge in [0.25, 0.3) is 0 Å². The van der Waals surface area contributed by atoms with E-state index in [1.54, 1.807) is 19.1 Å². The van der Waals surface area contributed by atoms with Crippen LogP contribution in [0.25, 0.3) is 0 Å². The lowest BCUT2D eigenvalue weighted by atomic mass is 10.0. The van der Waals surface area contributed by atoms with Gasteiger partial charge in [0.05, 0.1) is 0 Å². The van der Waals surface area contributed by atoms with E-state index in [0.29, 0.717) is 0 Å². The van der Waals surface area contributed by atoms with Gasteiger partial charge in [0.2, 0.25) is 5.71 Å². The molecule has 0 aliphatic rings. The van der Waals surface area contributed by atoms with Gasteiger partial charge in [-0.25, -0.2) is 0 Å². The number of alkyl halides is 3. The quantitative estimate of drug-likeness (QED) is 0.478. The first-order chi connectivity index (χ1) is 7.90. The molecule has 1 aromatic carbocycles. The van der Waals surface area contributed by atoms with E-state index in [2.05, 4.69) is 10.3 Å². The number of aryl methyl sites for hydroxylation is 1. The van der Waals surface area contributed by atoms with Gasteiger partial charge in [-0.15, -0.1) is 0 Å². The van der Waals surface area contributed by atoms with E-state index in [-0.39, 0.29) is 5.56 Å². The molecule has 92 valence electrons. The first-order valence-electron chi connectivity index (χ1n) is 4.49. The molecule has 0 heterocycles. The summed E-state index contributed by atoms with van der Waals surface area (Å²) in [6, 6.07) is 5.76.